The smallest absolute Gasteiger partial charge is 0.338 e. The lowest BCUT2D eigenvalue weighted by molar-refractivity contribution is 0.0692. The second-order valence-corrected chi connectivity index (χ2v) is 8.69. The number of sulfonamides is 1. The Balaban J connectivity index is 1.98. The molecule has 3 N–H and O–H groups in total. The van der Waals surface area contributed by atoms with Crippen molar-refractivity contribution in [2.45, 2.75) is 43.6 Å². The van der Waals surface area contributed by atoms with E-state index in [-0.39, 0.29) is 9.77 Å². The van der Waals surface area contributed by atoms with Crippen molar-refractivity contribution in [1.82, 2.24) is 24.8 Å². The Hall–Kier alpha value is -1.82. The van der Waals surface area contributed by atoms with E-state index in [1.54, 1.807) is 11.6 Å². The van der Waals surface area contributed by atoms with Gasteiger partial charge in [0, 0.05) is 18.0 Å². The predicted octanol–water partition coefficient (Wildman–Crippen LogP) is 0.743. The van der Waals surface area contributed by atoms with Gasteiger partial charge in [-0.3, -0.25) is 0 Å². The molecular weight excluding hydrogens is 366 g/mol. The van der Waals surface area contributed by atoms with Crippen molar-refractivity contribution in [1.29, 1.82) is 0 Å². The molecule has 1 aliphatic heterocycles. The maximum atomic E-state index is 12.8. The molecule has 0 aliphatic carbocycles. The first-order valence-electron chi connectivity index (χ1n) is 7.83. The number of hydrogen-bond acceptors (Lipinski definition) is 7. The Kier molecular flexibility index (Phi) is 4.91. The first-order valence-corrected chi connectivity index (χ1v) is 10.1. The summed E-state index contributed by atoms with van der Waals surface area (Å²) in [6, 6.07) is -0.633. The number of fused-ring (bicyclic) bond motifs is 1. The minimum atomic E-state index is -4.00. The van der Waals surface area contributed by atoms with Gasteiger partial charge in [-0.1, -0.05) is 0 Å². The van der Waals surface area contributed by atoms with Gasteiger partial charge in [0.2, 0.25) is 0 Å². The summed E-state index contributed by atoms with van der Waals surface area (Å²) in [6.07, 6.45) is 1.87. The molecule has 1 unspecified atom stereocenters. The lowest BCUT2D eigenvalue weighted by Gasteiger charge is -2.14. The van der Waals surface area contributed by atoms with E-state index >= 15 is 0 Å². The second-order valence-electron chi connectivity index (χ2n) is 5.68. The molecule has 11 heteroatoms. The van der Waals surface area contributed by atoms with E-state index in [0.717, 1.165) is 16.2 Å². The molecule has 0 fully saturated rings. The van der Waals surface area contributed by atoms with Crippen LogP contribution in [-0.2, 0) is 29.5 Å². The van der Waals surface area contributed by atoms with Crippen LogP contribution in [0.25, 0.3) is 0 Å². The zero-order valence-electron chi connectivity index (χ0n) is 13.8. The van der Waals surface area contributed by atoms with Crippen LogP contribution < -0.4 is 10.0 Å². The Morgan fingerprint density at radius 3 is 3.00 bits per heavy atom. The third-order valence-corrected chi connectivity index (χ3v) is 7.31. The molecule has 2 aromatic rings. The summed E-state index contributed by atoms with van der Waals surface area (Å²) in [7, 11) is -4.00. The highest BCUT2D eigenvalue weighted by atomic mass is 32.2. The van der Waals surface area contributed by atoms with E-state index in [9.17, 15) is 18.3 Å². The molecule has 0 amide bonds. The summed E-state index contributed by atoms with van der Waals surface area (Å²) in [5.41, 5.74) is 0.499. The summed E-state index contributed by atoms with van der Waals surface area (Å²) >= 11 is 1.01. The summed E-state index contributed by atoms with van der Waals surface area (Å²) in [5, 5.41) is 16.7. The average Bonchev–Trinajstić information content (AvgIpc) is 3.18. The van der Waals surface area contributed by atoms with Gasteiger partial charge in [-0.25, -0.2) is 22.9 Å². The number of aromatic nitrogens is 3. The normalized spacial score (nSPS) is 15.8. The SMILES string of the molecule is CCn1ncnc1C(C)NS(=O)(=O)c1sc2c(c1C(=O)O)CCNC2. The van der Waals surface area contributed by atoms with Crippen LogP contribution in [-0.4, -0.2) is 40.8 Å². The number of carboxylic acids is 1. The minimum Gasteiger partial charge on any atom is -0.478 e. The van der Waals surface area contributed by atoms with Crippen LogP contribution in [0.3, 0.4) is 0 Å². The van der Waals surface area contributed by atoms with Crippen LogP contribution in [0.1, 0.15) is 46.5 Å². The number of carboxylic acid groups (broad SMARTS) is 1. The molecule has 0 saturated heterocycles. The van der Waals surface area contributed by atoms with Crippen LogP contribution in [0.2, 0.25) is 0 Å². The topological polar surface area (TPSA) is 126 Å². The first kappa shape index (κ1) is 18.0. The summed E-state index contributed by atoms with van der Waals surface area (Å²) < 4.78 is 29.6. The standard InChI is InChI=1S/C14H19N5O4S2/c1-3-19-12(16-7-17-19)8(2)18-25(22,23)14-11(13(20)21)9-4-5-15-6-10(9)24-14/h7-8,15,18H,3-6H2,1-2H3,(H,20,21). The molecule has 0 bridgehead atoms. The predicted molar refractivity (Wildman–Crippen MR) is 91.1 cm³/mol. The average molecular weight is 385 g/mol. The number of thiophene rings is 1. The molecule has 25 heavy (non-hydrogen) atoms. The molecule has 3 rings (SSSR count). The van der Waals surface area contributed by atoms with E-state index in [4.69, 9.17) is 0 Å². The number of nitrogens with zero attached hydrogens (tertiary/aromatic N) is 3. The summed E-state index contributed by atoms with van der Waals surface area (Å²) in [4.78, 5) is 16.5. The van der Waals surface area contributed by atoms with Crippen LogP contribution >= 0.6 is 11.3 Å². The van der Waals surface area contributed by atoms with E-state index in [1.165, 1.54) is 6.33 Å². The molecule has 3 heterocycles. The van der Waals surface area contributed by atoms with Gasteiger partial charge in [-0.2, -0.15) is 9.82 Å². The molecular formula is C14H19N5O4S2. The fourth-order valence-corrected chi connectivity index (χ4v) is 5.99. The minimum absolute atomic E-state index is 0.113. The zero-order valence-corrected chi connectivity index (χ0v) is 15.4. The molecule has 136 valence electrons. The Labute approximate surface area is 149 Å². The van der Waals surface area contributed by atoms with Gasteiger partial charge in [-0.05, 0) is 32.4 Å². The van der Waals surface area contributed by atoms with Crippen LogP contribution in [0.4, 0.5) is 0 Å². The van der Waals surface area contributed by atoms with E-state index in [2.05, 4.69) is 20.1 Å². The van der Waals surface area contributed by atoms with Crippen LogP contribution in [0.15, 0.2) is 10.5 Å². The number of hydrogen-bond donors (Lipinski definition) is 3. The van der Waals surface area contributed by atoms with Crippen LogP contribution in [0.5, 0.6) is 0 Å². The van der Waals surface area contributed by atoms with Gasteiger partial charge < -0.3 is 10.4 Å². The van der Waals surface area contributed by atoms with Crippen molar-refractivity contribution in [3.8, 4) is 0 Å². The fraction of sp³-hybridized carbons (Fsp3) is 0.500. The van der Waals surface area contributed by atoms with E-state index in [1.807, 2.05) is 6.92 Å². The maximum absolute atomic E-state index is 12.8. The molecule has 1 atom stereocenters. The van der Waals surface area contributed by atoms with Gasteiger partial charge in [0.25, 0.3) is 10.0 Å². The number of nitrogens with one attached hydrogen (secondary N) is 2. The molecule has 1 aliphatic rings. The fourth-order valence-electron chi connectivity index (χ4n) is 2.91. The first-order chi connectivity index (χ1) is 11.8. The van der Waals surface area contributed by atoms with Gasteiger partial charge in [0.15, 0.2) is 0 Å². The van der Waals surface area contributed by atoms with Crippen molar-refractivity contribution >= 4 is 27.3 Å². The third-order valence-electron chi connectivity index (χ3n) is 4.02. The lowest BCUT2D eigenvalue weighted by atomic mass is 10.1. The van der Waals surface area contributed by atoms with Gasteiger partial charge in [0.1, 0.15) is 16.4 Å². The third kappa shape index (κ3) is 3.32. The number of aromatic carboxylic acids is 1. The van der Waals surface area contributed by atoms with Gasteiger partial charge in [0.05, 0.1) is 11.6 Å². The number of carbonyl (C=O) groups is 1. The van der Waals surface area contributed by atoms with Crippen molar-refractivity contribution in [2.75, 3.05) is 6.54 Å². The lowest BCUT2D eigenvalue weighted by Crippen LogP contribution is -2.29. The molecule has 0 spiro atoms. The van der Waals surface area contributed by atoms with Crippen molar-refractivity contribution in [3.05, 3.63) is 28.2 Å². The molecule has 2 aromatic heterocycles. The maximum Gasteiger partial charge on any atom is 0.338 e. The number of aryl methyl sites for hydroxylation is 1. The monoisotopic (exact) mass is 385 g/mol. The summed E-state index contributed by atoms with van der Waals surface area (Å²) in [6.45, 7) is 5.20. The molecule has 9 nitrogen and oxygen atoms in total. The summed E-state index contributed by atoms with van der Waals surface area (Å²) in [5.74, 6) is -0.741. The molecule has 0 radical (unpaired) electrons. The van der Waals surface area contributed by atoms with E-state index < -0.39 is 22.0 Å². The largest absolute Gasteiger partial charge is 0.478 e. The van der Waals surface area contributed by atoms with Crippen molar-refractivity contribution in [3.63, 3.8) is 0 Å². The second kappa shape index (κ2) is 6.83. The van der Waals surface area contributed by atoms with Crippen LogP contribution in [0, 0.1) is 0 Å². The Morgan fingerprint density at radius 2 is 2.32 bits per heavy atom. The quantitative estimate of drug-likeness (QED) is 0.669. The van der Waals surface area contributed by atoms with Gasteiger partial charge >= 0.3 is 5.97 Å². The van der Waals surface area contributed by atoms with Crippen molar-refractivity contribution < 1.29 is 18.3 Å². The highest BCUT2D eigenvalue weighted by Gasteiger charge is 2.33. The van der Waals surface area contributed by atoms with E-state index in [0.29, 0.717) is 37.4 Å². The Bertz CT molecular complexity index is 902. The van der Waals surface area contributed by atoms with Gasteiger partial charge in [-0.15, -0.1) is 11.3 Å². The molecule has 0 aromatic carbocycles. The number of rotatable bonds is 6. The van der Waals surface area contributed by atoms with Crippen molar-refractivity contribution in [2.24, 2.45) is 0 Å². The highest BCUT2D eigenvalue weighted by molar-refractivity contribution is 7.91. The Morgan fingerprint density at radius 1 is 1.56 bits per heavy atom. The molecule has 0 saturated carbocycles. The highest BCUT2D eigenvalue weighted by Crippen LogP contribution is 2.35. The zero-order chi connectivity index (χ0) is 18.2.